The summed E-state index contributed by atoms with van der Waals surface area (Å²) in [7, 11) is -3.30. The van der Waals surface area contributed by atoms with Crippen molar-refractivity contribution in [1.29, 1.82) is 0 Å². The summed E-state index contributed by atoms with van der Waals surface area (Å²) in [4.78, 5) is 13.0. The van der Waals surface area contributed by atoms with Gasteiger partial charge >= 0.3 is 0 Å². The second-order valence-electron chi connectivity index (χ2n) is 6.89. The van der Waals surface area contributed by atoms with Crippen molar-refractivity contribution in [1.82, 2.24) is 5.16 Å². The Hall–Kier alpha value is -3.00. The van der Waals surface area contributed by atoms with E-state index in [1.807, 2.05) is 0 Å². The van der Waals surface area contributed by atoms with Crippen molar-refractivity contribution < 1.29 is 22.1 Å². The van der Waals surface area contributed by atoms with E-state index in [2.05, 4.69) is 10.5 Å². The molecule has 28 heavy (non-hydrogen) atoms. The number of rotatable bonds is 5. The van der Waals surface area contributed by atoms with Gasteiger partial charge in [-0.2, -0.15) is 0 Å². The first-order valence-electron chi connectivity index (χ1n) is 8.63. The number of benzene rings is 2. The van der Waals surface area contributed by atoms with Crippen LogP contribution in [0.15, 0.2) is 64.0 Å². The van der Waals surface area contributed by atoms with Crippen molar-refractivity contribution in [2.24, 2.45) is 0 Å². The number of sulfone groups is 1. The molecule has 144 valence electrons. The van der Waals surface area contributed by atoms with E-state index in [0.29, 0.717) is 24.2 Å². The standard InChI is InChI=1S/C20H17FN2O4S/c1-28(25,26)14-8-6-13(7-9-14)22-19(24)20(10-11-20)18-12-17(27-23-18)15-4-2-3-5-16(15)21/h2-9,12H,10-11H2,1H3,(H,22,24). The molecule has 0 radical (unpaired) electrons. The lowest BCUT2D eigenvalue weighted by Gasteiger charge is -2.12. The molecule has 2 aromatic carbocycles. The number of nitrogens with zero attached hydrogens (tertiary/aromatic N) is 1. The Labute approximate surface area is 161 Å². The van der Waals surface area contributed by atoms with E-state index in [1.54, 1.807) is 24.3 Å². The Bertz CT molecular complexity index is 1150. The SMILES string of the molecule is CS(=O)(=O)c1ccc(NC(=O)C2(c3cc(-c4ccccc4F)on3)CC2)cc1. The molecule has 0 bridgehead atoms. The highest BCUT2D eigenvalue weighted by Gasteiger charge is 2.53. The Morgan fingerprint density at radius 1 is 1.14 bits per heavy atom. The molecule has 3 aromatic rings. The number of anilines is 1. The number of aromatic nitrogens is 1. The zero-order valence-electron chi connectivity index (χ0n) is 15.0. The third kappa shape index (κ3) is 3.31. The monoisotopic (exact) mass is 400 g/mol. The van der Waals surface area contributed by atoms with Crippen LogP contribution in [0.3, 0.4) is 0 Å². The first kappa shape index (κ1) is 18.4. The summed E-state index contributed by atoms with van der Waals surface area (Å²) in [6, 6.07) is 13.8. The summed E-state index contributed by atoms with van der Waals surface area (Å²) >= 11 is 0. The van der Waals surface area contributed by atoms with Crippen LogP contribution in [-0.2, 0) is 20.0 Å². The van der Waals surface area contributed by atoms with Crippen LogP contribution < -0.4 is 5.32 Å². The Morgan fingerprint density at radius 2 is 1.82 bits per heavy atom. The molecule has 1 N–H and O–H groups in total. The molecule has 4 rings (SSSR count). The molecule has 8 heteroatoms. The summed E-state index contributed by atoms with van der Waals surface area (Å²) < 4.78 is 42.3. The zero-order chi connectivity index (χ0) is 19.9. The van der Waals surface area contributed by atoms with Gasteiger partial charge in [0, 0.05) is 18.0 Å². The number of hydrogen-bond acceptors (Lipinski definition) is 5. The maximum Gasteiger partial charge on any atom is 0.236 e. The molecule has 6 nitrogen and oxygen atoms in total. The molecule has 1 heterocycles. The van der Waals surface area contributed by atoms with Crippen LogP contribution in [0.4, 0.5) is 10.1 Å². The van der Waals surface area contributed by atoms with Crippen molar-refractivity contribution in [2.75, 3.05) is 11.6 Å². The lowest BCUT2D eigenvalue weighted by Crippen LogP contribution is -2.28. The summed E-state index contributed by atoms with van der Waals surface area (Å²) in [5.74, 6) is -0.414. The topological polar surface area (TPSA) is 89.3 Å². The summed E-state index contributed by atoms with van der Waals surface area (Å²) in [6.45, 7) is 0. The van der Waals surface area contributed by atoms with Crippen LogP contribution in [0.5, 0.6) is 0 Å². The van der Waals surface area contributed by atoms with Gasteiger partial charge in [-0.1, -0.05) is 17.3 Å². The third-order valence-corrected chi connectivity index (χ3v) is 5.99. The number of carbonyl (C=O) groups is 1. The molecule has 0 atom stereocenters. The third-order valence-electron chi connectivity index (χ3n) is 4.86. The predicted octanol–water partition coefficient (Wildman–Crippen LogP) is 3.55. The molecule has 0 saturated heterocycles. The van der Waals surface area contributed by atoms with Crippen LogP contribution in [0, 0.1) is 5.82 Å². The first-order chi connectivity index (χ1) is 13.3. The first-order valence-corrected chi connectivity index (χ1v) is 10.5. The van der Waals surface area contributed by atoms with Crippen molar-refractivity contribution in [3.05, 3.63) is 66.1 Å². The van der Waals surface area contributed by atoms with E-state index in [0.717, 1.165) is 6.26 Å². The summed E-state index contributed by atoms with van der Waals surface area (Å²) in [5, 5.41) is 6.79. The van der Waals surface area contributed by atoms with Crippen LogP contribution in [0.2, 0.25) is 0 Å². The lowest BCUT2D eigenvalue weighted by molar-refractivity contribution is -0.118. The minimum Gasteiger partial charge on any atom is -0.356 e. The van der Waals surface area contributed by atoms with Gasteiger partial charge in [-0.05, 0) is 49.2 Å². The minimum atomic E-state index is -3.30. The minimum absolute atomic E-state index is 0.178. The summed E-state index contributed by atoms with van der Waals surface area (Å²) in [5.41, 5.74) is 0.411. The molecular formula is C20H17FN2O4S. The Morgan fingerprint density at radius 3 is 2.43 bits per heavy atom. The van der Waals surface area contributed by atoms with Crippen LogP contribution in [0.1, 0.15) is 18.5 Å². The highest BCUT2D eigenvalue weighted by atomic mass is 32.2. The predicted molar refractivity (Wildman–Crippen MR) is 101 cm³/mol. The highest BCUT2D eigenvalue weighted by molar-refractivity contribution is 7.90. The number of hydrogen-bond donors (Lipinski definition) is 1. The number of nitrogens with one attached hydrogen (secondary N) is 1. The van der Waals surface area contributed by atoms with E-state index in [4.69, 9.17) is 4.52 Å². The molecule has 0 unspecified atom stereocenters. The second-order valence-corrected chi connectivity index (χ2v) is 8.90. The quantitative estimate of drug-likeness (QED) is 0.707. The van der Waals surface area contributed by atoms with Crippen molar-refractivity contribution >= 4 is 21.4 Å². The summed E-state index contributed by atoms with van der Waals surface area (Å²) in [6.07, 6.45) is 2.32. The fourth-order valence-electron chi connectivity index (χ4n) is 3.05. The van der Waals surface area contributed by atoms with Gasteiger partial charge < -0.3 is 9.84 Å². The molecule has 1 aromatic heterocycles. The fourth-order valence-corrected chi connectivity index (χ4v) is 3.68. The molecule has 0 aliphatic heterocycles. The van der Waals surface area contributed by atoms with Crippen LogP contribution in [-0.4, -0.2) is 25.7 Å². The van der Waals surface area contributed by atoms with Gasteiger partial charge in [-0.3, -0.25) is 4.79 Å². The Balaban J connectivity index is 1.55. The maximum atomic E-state index is 13.9. The van der Waals surface area contributed by atoms with E-state index in [1.165, 1.54) is 30.3 Å². The van der Waals surface area contributed by atoms with Gasteiger partial charge in [0.05, 0.1) is 21.6 Å². The van der Waals surface area contributed by atoms with Crippen molar-refractivity contribution in [2.45, 2.75) is 23.2 Å². The van der Waals surface area contributed by atoms with Gasteiger partial charge in [-0.15, -0.1) is 0 Å². The van der Waals surface area contributed by atoms with Gasteiger partial charge in [0.1, 0.15) is 5.82 Å². The largest absolute Gasteiger partial charge is 0.356 e. The molecule has 0 spiro atoms. The van der Waals surface area contributed by atoms with Gasteiger partial charge in [0.2, 0.25) is 5.91 Å². The molecule has 1 aliphatic carbocycles. The fraction of sp³-hybridized carbons (Fsp3) is 0.200. The highest BCUT2D eigenvalue weighted by Crippen LogP contribution is 2.49. The van der Waals surface area contributed by atoms with Gasteiger partial charge in [-0.25, -0.2) is 12.8 Å². The zero-order valence-corrected chi connectivity index (χ0v) is 15.8. The molecule has 1 amide bonds. The van der Waals surface area contributed by atoms with Crippen LogP contribution in [0.25, 0.3) is 11.3 Å². The van der Waals surface area contributed by atoms with E-state index >= 15 is 0 Å². The molecule has 1 fully saturated rings. The van der Waals surface area contributed by atoms with Gasteiger partial charge in [0.25, 0.3) is 0 Å². The van der Waals surface area contributed by atoms with E-state index in [-0.39, 0.29) is 22.1 Å². The molecule has 1 saturated carbocycles. The Kier molecular flexibility index (Phi) is 4.30. The maximum absolute atomic E-state index is 13.9. The van der Waals surface area contributed by atoms with Crippen molar-refractivity contribution in [3.63, 3.8) is 0 Å². The second kappa shape index (κ2) is 6.56. The number of amides is 1. The van der Waals surface area contributed by atoms with E-state index in [9.17, 15) is 17.6 Å². The smallest absolute Gasteiger partial charge is 0.236 e. The average molecular weight is 400 g/mol. The van der Waals surface area contributed by atoms with Crippen molar-refractivity contribution in [3.8, 4) is 11.3 Å². The molecular weight excluding hydrogens is 383 g/mol. The van der Waals surface area contributed by atoms with Crippen LogP contribution >= 0.6 is 0 Å². The lowest BCUT2D eigenvalue weighted by atomic mass is 10.00. The number of halogens is 1. The molecule has 1 aliphatic rings. The van der Waals surface area contributed by atoms with E-state index < -0.39 is 21.1 Å². The van der Waals surface area contributed by atoms with Gasteiger partial charge in [0.15, 0.2) is 15.6 Å². The average Bonchev–Trinajstić information content (AvgIpc) is 3.33. The number of carbonyl (C=O) groups excluding carboxylic acids is 1. The normalized spacial score (nSPS) is 15.2.